The molecule has 1 atom stereocenters. The standard InChI is InChI=1S/C21H27ClN4O2/c1-4-24(21(28)23-15(2)3)14-19(27)26-13-12-25-11-5-6-18(25)20(26)16-7-9-17(22)10-8-16/h5-11,15,20H,4,12-14H2,1-3H3,(H,23,28). The van der Waals surface area contributed by atoms with Crippen LogP contribution in [-0.2, 0) is 11.3 Å². The van der Waals surface area contributed by atoms with E-state index in [4.69, 9.17) is 11.6 Å². The fourth-order valence-electron chi connectivity index (χ4n) is 3.57. The van der Waals surface area contributed by atoms with Crippen LogP contribution >= 0.6 is 11.6 Å². The Morgan fingerprint density at radius 1 is 1.21 bits per heavy atom. The molecule has 1 aromatic carbocycles. The van der Waals surface area contributed by atoms with Gasteiger partial charge in [-0.25, -0.2) is 4.79 Å². The van der Waals surface area contributed by atoms with Gasteiger partial charge >= 0.3 is 6.03 Å². The van der Waals surface area contributed by atoms with Crippen LogP contribution in [0.4, 0.5) is 4.79 Å². The highest BCUT2D eigenvalue weighted by atomic mass is 35.5. The predicted molar refractivity (Wildman–Crippen MR) is 110 cm³/mol. The lowest BCUT2D eigenvalue weighted by molar-refractivity contribution is -0.134. The topological polar surface area (TPSA) is 57.6 Å². The van der Waals surface area contributed by atoms with E-state index in [1.807, 2.05) is 68.3 Å². The van der Waals surface area contributed by atoms with Crippen LogP contribution in [0.3, 0.4) is 0 Å². The van der Waals surface area contributed by atoms with Gasteiger partial charge in [-0.05, 0) is 50.6 Å². The molecule has 1 aromatic heterocycles. The van der Waals surface area contributed by atoms with Crippen LogP contribution in [0, 0.1) is 0 Å². The van der Waals surface area contributed by atoms with Gasteiger partial charge in [0.1, 0.15) is 6.54 Å². The minimum Gasteiger partial charge on any atom is -0.348 e. The fraction of sp³-hybridized carbons (Fsp3) is 0.429. The van der Waals surface area contributed by atoms with Crippen molar-refractivity contribution < 1.29 is 9.59 Å². The summed E-state index contributed by atoms with van der Waals surface area (Å²) in [6.07, 6.45) is 2.04. The van der Waals surface area contributed by atoms with Crippen LogP contribution < -0.4 is 5.32 Å². The molecule has 0 saturated carbocycles. The molecule has 2 heterocycles. The normalized spacial score (nSPS) is 16.0. The van der Waals surface area contributed by atoms with Crippen molar-refractivity contribution in [3.63, 3.8) is 0 Å². The number of hydrogen-bond acceptors (Lipinski definition) is 2. The van der Waals surface area contributed by atoms with Gasteiger partial charge in [0.25, 0.3) is 0 Å². The number of nitrogens with zero attached hydrogens (tertiary/aromatic N) is 3. The summed E-state index contributed by atoms with van der Waals surface area (Å²) in [6.45, 7) is 7.55. The van der Waals surface area contributed by atoms with Gasteiger partial charge in [0.05, 0.1) is 6.04 Å². The van der Waals surface area contributed by atoms with E-state index in [1.165, 1.54) is 0 Å². The van der Waals surface area contributed by atoms with E-state index in [1.54, 1.807) is 4.90 Å². The number of aromatic nitrogens is 1. The van der Waals surface area contributed by atoms with Crippen LogP contribution in [-0.4, -0.2) is 52.0 Å². The zero-order valence-electron chi connectivity index (χ0n) is 16.6. The van der Waals surface area contributed by atoms with E-state index in [0.717, 1.165) is 17.8 Å². The molecule has 1 N–H and O–H groups in total. The highest BCUT2D eigenvalue weighted by Gasteiger charge is 2.33. The molecule has 150 valence electrons. The van der Waals surface area contributed by atoms with Crippen LogP contribution in [0.15, 0.2) is 42.6 Å². The first-order valence-corrected chi connectivity index (χ1v) is 10.0. The third-order valence-corrected chi connectivity index (χ3v) is 5.20. The second-order valence-corrected chi connectivity index (χ2v) is 7.72. The molecule has 0 fully saturated rings. The average Bonchev–Trinajstić information content (AvgIpc) is 3.14. The maximum atomic E-state index is 13.2. The number of halogens is 1. The molecule has 1 aliphatic heterocycles. The van der Waals surface area contributed by atoms with Crippen LogP contribution in [0.2, 0.25) is 5.02 Å². The van der Waals surface area contributed by atoms with Crippen molar-refractivity contribution in [1.82, 2.24) is 19.7 Å². The highest BCUT2D eigenvalue weighted by molar-refractivity contribution is 6.30. The van der Waals surface area contributed by atoms with Crippen molar-refractivity contribution in [2.45, 2.75) is 39.4 Å². The van der Waals surface area contributed by atoms with Crippen LogP contribution in [0.25, 0.3) is 0 Å². The number of carbonyl (C=O) groups is 2. The van der Waals surface area contributed by atoms with Gasteiger partial charge in [-0.3, -0.25) is 4.79 Å². The molecule has 0 aliphatic carbocycles. The third kappa shape index (κ3) is 4.33. The minimum atomic E-state index is -0.214. The molecule has 6 nitrogen and oxygen atoms in total. The Bertz CT molecular complexity index is 831. The number of carbonyl (C=O) groups excluding carboxylic acids is 2. The van der Waals surface area contributed by atoms with E-state index < -0.39 is 0 Å². The Labute approximate surface area is 171 Å². The maximum Gasteiger partial charge on any atom is 0.318 e. The Morgan fingerprint density at radius 2 is 1.93 bits per heavy atom. The molecule has 3 rings (SSSR count). The van der Waals surface area contributed by atoms with E-state index in [9.17, 15) is 9.59 Å². The smallest absolute Gasteiger partial charge is 0.318 e. The largest absolute Gasteiger partial charge is 0.348 e. The van der Waals surface area contributed by atoms with Gasteiger partial charge in [-0.15, -0.1) is 0 Å². The summed E-state index contributed by atoms with van der Waals surface area (Å²) < 4.78 is 2.17. The van der Waals surface area contributed by atoms with E-state index in [2.05, 4.69) is 9.88 Å². The second kappa shape index (κ2) is 8.69. The van der Waals surface area contributed by atoms with Gasteiger partial charge in [0.2, 0.25) is 5.91 Å². The molecule has 0 radical (unpaired) electrons. The number of fused-ring (bicyclic) bond motifs is 1. The molecule has 7 heteroatoms. The van der Waals surface area contributed by atoms with E-state index in [-0.39, 0.29) is 30.6 Å². The summed E-state index contributed by atoms with van der Waals surface area (Å²) >= 11 is 6.06. The Balaban J connectivity index is 1.85. The summed E-state index contributed by atoms with van der Waals surface area (Å²) in [4.78, 5) is 29.0. The van der Waals surface area contributed by atoms with Crippen molar-refractivity contribution in [3.05, 3.63) is 58.9 Å². The monoisotopic (exact) mass is 402 g/mol. The van der Waals surface area contributed by atoms with Gasteiger partial charge in [-0.2, -0.15) is 0 Å². The first-order valence-electron chi connectivity index (χ1n) is 9.66. The van der Waals surface area contributed by atoms with Gasteiger partial charge in [0.15, 0.2) is 0 Å². The lowest BCUT2D eigenvalue weighted by atomic mass is 10.00. The van der Waals surface area contributed by atoms with Crippen molar-refractivity contribution in [2.75, 3.05) is 19.6 Å². The van der Waals surface area contributed by atoms with Crippen LogP contribution in [0.5, 0.6) is 0 Å². The van der Waals surface area contributed by atoms with E-state index in [0.29, 0.717) is 18.1 Å². The lowest BCUT2D eigenvalue weighted by Gasteiger charge is -2.38. The van der Waals surface area contributed by atoms with Gasteiger partial charge < -0.3 is 19.7 Å². The fourth-order valence-corrected chi connectivity index (χ4v) is 3.69. The molecule has 2 aromatic rings. The predicted octanol–water partition coefficient (Wildman–Crippen LogP) is 3.51. The summed E-state index contributed by atoms with van der Waals surface area (Å²) in [5.41, 5.74) is 2.07. The van der Waals surface area contributed by atoms with Crippen molar-refractivity contribution in [1.29, 1.82) is 0 Å². The molecule has 28 heavy (non-hydrogen) atoms. The number of benzene rings is 1. The first-order chi connectivity index (χ1) is 13.4. The SMILES string of the molecule is CCN(CC(=O)N1CCn2cccc2C1c1ccc(Cl)cc1)C(=O)NC(C)C. The van der Waals surface area contributed by atoms with Gasteiger partial charge in [-0.1, -0.05) is 23.7 Å². The van der Waals surface area contributed by atoms with Crippen molar-refractivity contribution >= 4 is 23.5 Å². The maximum absolute atomic E-state index is 13.2. The average molecular weight is 403 g/mol. The summed E-state index contributed by atoms with van der Waals surface area (Å²) in [5, 5.41) is 3.52. The lowest BCUT2D eigenvalue weighted by Crippen LogP contribution is -2.50. The highest BCUT2D eigenvalue weighted by Crippen LogP contribution is 2.33. The number of urea groups is 1. The molecular formula is C21H27ClN4O2. The summed E-state index contributed by atoms with van der Waals surface area (Å²) in [6, 6.07) is 11.3. The Hall–Kier alpha value is -2.47. The van der Waals surface area contributed by atoms with Gasteiger partial charge in [0, 0.05) is 42.6 Å². The quantitative estimate of drug-likeness (QED) is 0.831. The van der Waals surface area contributed by atoms with Crippen LogP contribution in [0.1, 0.15) is 38.1 Å². The first kappa shape index (κ1) is 20.3. The molecule has 1 unspecified atom stereocenters. The zero-order chi connectivity index (χ0) is 20.3. The summed E-state index contributed by atoms with van der Waals surface area (Å²) in [7, 11) is 0. The van der Waals surface area contributed by atoms with E-state index >= 15 is 0 Å². The molecule has 0 bridgehead atoms. The summed E-state index contributed by atoms with van der Waals surface area (Å²) in [5.74, 6) is -0.0619. The second-order valence-electron chi connectivity index (χ2n) is 7.29. The minimum absolute atomic E-state index is 0.0248. The number of amides is 3. The molecule has 1 aliphatic rings. The Morgan fingerprint density at radius 3 is 2.57 bits per heavy atom. The zero-order valence-corrected chi connectivity index (χ0v) is 17.3. The molecule has 0 saturated heterocycles. The van der Waals surface area contributed by atoms with Crippen molar-refractivity contribution in [3.8, 4) is 0 Å². The number of hydrogen-bond donors (Lipinski definition) is 1. The number of likely N-dealkylation sites (N-methyl/N-ethyl adjacent to an activating group) is 1. The Kier molecular flexibility index (Phi) is 6.29. The third-order valence-electron chi connectivity index (χ3n) is 4.95. The van der Waals surface area contributed by atoms with Crippen molar-refractivity contribution in [2.24, 2.45) is 0 Å². The number of nitrogens with one attached hydrogen (secondary N) is 1. The molecule has 0 spiro atoms. The number of rotatable bonds is 5. The molecular weight excluding hydrogens is 376 g/mol. The molecule has 3 amide bonds.